The van der Waals surface area contributed by atoms with Crippen LogP contribution in [0.5, 0.6) is 23.0 Å². The predicted molar refractivity (Wildman–Crippen MR) is 414 cm³/mol. The standard InChI is InChI=1S/C86H74N12O6S2/c1-9-13-15-55(11-3)53-95-83(75-43-41-73(105-75)79(61(49-91)50-92)77(59(45-87)46-88)57-17-21-63(22-18-57)97(65-25-33-69(101-5)34-26-65)66-27-35-70(102-6)36-28-66)81-82(85(95)99)84(96(86(81)100)54-56(12-4)16-14-10-2)76-44-42-74(106-76)80(62(51-93)52-94)78(60(47-89)48-90)58-19-23-64(24-20-58)98(67-29-37-71(103-7)38-30-67)68-31-39-72(104-8)40-32-68/h17-44,55-56H,9-16,53-54H2,1-8H3. The molecule has 2 aromatic heterocycles. The van der Waals surface area contributed by atoms with Crippen molar-refractivity contribution >= 4 is 102 Å². The first-order valence-electron chi connectivity index (χ1n) is 34.6. The molecule has 2 atom stereocenters. The maximum atomic E-state index is 16.2. The summed E-state index contributed by atoms with van der Waals surface area (Å²) in [6.45, 7) is 8.75. The minimum Gasteiger partial charge on any atom is -0.497 e. The minimum absolute atomic E-state index is 0.00356. The molecular formula is C86H74N12O6S2. The van der Waals surface area contributed by atoms with E-state index in [1.807, 2.05) is 180 Å². The number of ether oxygens (including phenoxy) is 4. The molecule has 2 aliphatic heterocycles. The second-order valence-electron chi connectivity index (χ2n) is 24.9. The molecule has 10 rings (SSSR count). The van der Waals surface area contributed by atoms with Gasteiger partial charge in [0.05, 0.1) is 60.7 Å². The van der Waals surface area contributed by atoms with Gasteiger partial charge in [0.15, 0.2) is 0 Å². The van der Waals surface area contributed by atoms with Gasteiger partial charge in [-0.1, -0.05) is 90.5 Å². The number of hydrogen-bond acceptors (Lipinski definition) is 18. The third kappa shape index (κ3) is 15.6. The SMILES string of the molecule is CCCCC(CC)CN1C(=O)C2=C(c3ccc(C(=C(C#N)C#N)C(=C(C#N)C#N)c4ccc(N(c5ccc(OC)cc5)c5ccc(OC)cc5)cc4)s3)N(CC(CC)CCCC)C(=O)C2=C1c1ccc(C(=C(C#N)C#N)C(=C(C#N)C#N)c2ccc(N(c3ccc(OC)cc3)c3ccc(OC)cc3)cc2)s1. The van der Waals surface area contributed by atoms with Gasteiger partial charge >= 0.3 is 0 Å². The lowest BCUT2D eigenvalue weighted by Gasteiger charge is -2.29. The lowest BCUT2D eigenvalue weighted by Crippen LogP contribution is -2.34. The first-order chi connectivity index (χ1) is 51.7. The van der Waals surface area contributed by atoms with Crippen LogP contribution in [0.25, 0.3) is 33.7 Å². The summed E-state index contributed by atoms with van der Waals surface area (Å²) in [4.78, 5) is 41.2. The molecule has 526 valence electrons. The number of rotatable bonds is 30. The van der Waals surface area contributed by atoms with Gasteiger partial charge < -0.3 is 38.5 Å². The first kappa shape index (κ1) is 75.5. The van der Waals surface area contributed by atoms with E-state index < -0.39 is 23.0 Å². The lowest BCUT2D eigenvalue weighted by atomic mass is 9.89. The van der Waals surface area contributed by atoms with Crippen LogP contribution < -0.4 is 28.7 Å². The molecule has 6 aromatic carbocycles. The van der Waals surface area contributed by atoms with Crippen molar-refractivity contribution in [2.75, 3.05) is 51.3 Å². The van der Waals surface area contributed by atoms with Crippen molar-refractivity contribution in [3.05, 3.63) is 234 Å². The normalized spacial score (nSPS) is 12.5. The summed E-state index contributed by atoms with van der Waals surface area (Å²) in [5, 5.41) is 87.0. The number of allylic oxidation sites excluding steroid dienone is 8. The van der Waals surface area contributed by atoms with Crippen molar-refractivity contribution in [1.82, 2.24) is 9.80 Å². The van der Waals surface area contributed by atoms with Gasteiger partial charge in [-0.3, -0.25) is 9.59 Å². The van der Waals surface area contributed by atoms with Gasteiger partial charge in [-0.2, -0.15) is 42.1 Å². The molecule has 106 heavy (non-hydrogen) atoms. The Morgan fingerprint density at radius 2 is 0.623 bits per heavy atom. The Labute approximate surface area is 626 Å². The molecule has 2 amide bonds. The number of nitrogens with zero attached hydrogens (tertiary/aromatic N) is 12. The molecular weight excluding hydrogens is 1360 g/mol. The van der Waals surface area contributed by atoms with Crippen LogP contribution in [-0.2, 0) is 9.59 Å². The summed E-state index contributed by atoms with van der Waals surface area (Å²) in [7, 11) is 6.34. The minimum atomic E-state index is -0.446. The number of thiophene rings is 2. The topological polar surface area (TPSA) is 274 Å². The molecule has 2 unspecified atom stereocenters. The van der Waals surface area contributed by atoms with E-state index in [2.05, 4.69) is 27.7 Å². The smallest absolute Gasteiger partial charge is 0.261 e. The average Bonchev–Trinajstić information content (AvgIpc) is 1.55. The number of benzene rings is 6. The molecule has 0 saturated heterocycles. The van der Waals surface area contributed by atoms with Crippen molar-refractivity contribution in [3.8, 4) is 71.6 Å². The number of carbonyl (C=O) groups is 2. The van der Waals surface area contributed by atoms with Gasteiger partial charge in [-0.25, -0.2) is 0 Å². The van der Waals surface area contributed by atoms with E-state index in [1.165, 1.54) is 0 Å². The fourth-order valence-corrected chi connectivity index (χ4v) is 15.5. The highest BCUT2D eigenvalue weighted by atomic mass is 32.1. The average molecular weight is 1440 g/mol. The number of hydrogen-bond donors (Lipinski definition) is 0. The van der Waals surface area contributed by atoms with Crippen LogP contribution in [0.2, 0.25) is 0 Å². The number of nitriles is 8. The second-order valence-corrected chi connectivity index (χ2v) is 27.1. The zero-order chi connectivity index (χ0) is 75.6. The molecule has 0 saturated carbocycles. The Bertz CT molecular complexity index is 4710. The third-order valence-corrected chi connectivity index (χ3v) is 21.1. The van der Waals surface area contributed by atoms with E-state index in [0.717, 1.165) is 83.9 Å². The van der Waals surface area contributed by atoms with Gasteiger partial charge in [-0.05, 0) is 181 Å². The fraction of sp³-hybridized carbons (Fsp3) is 0.233. The van der Waals surface area contributed by atoms with Gasteiger partial charge in [-0.15, -0.1) is 22.7 Å². The van der Waals surface area contributed by atoms with Gasteiger partial charge in [0.1, 0.15) is 93.8 Å². The maximum Gasteiger partial charge on any atom is 0.261 e. The number of fused-ring (bicyclic) bond motifs is 1. The molecule has 4 heterocycles. The Balaban J connectivity index is 1.14. The zero-order valence-electron chi connectivity index (χ0n) is 60.0. The van der Waals surface area contributed by atoms with Crippen LogP contribution in [0.1, 0.15) is 110 Å². The molecule has 0 N–H and O–H groups in total. The van der Waals surface area contributed by atoms with E-state index in [-0.39, 0.29) is 69.5 Å². The van der Waals surface area contributed by atoms with Crippen molar-refractivity contribution in [2.45, 2.75) is 79.1 Å². The fourth-order valence-electron chi connectivity index (χ4n) is 13.3. The predicted octanol–water partition coefficient (Wildman–Crippen LogP) is 19.6. The number of amides is 2. The summed E-state index contributed by atoms with van der Waals surface area (Å²) in [5.41, 5.74) is 4.49. The van der Waals surface area contributed by atoms with Crippen LogP contribution >= 0.6 is 22.7 Å². The van der Waals surface area contributed by atoms with Crippen LogP contribution in [0, 0.1) is 102 Å². The Morgan fingerprint density at radius 3 is 0.858 bits per heavy atom. The summed E-state index contributed by atoms with van der Waals surface area (Å²) in [5.74, 6) is 1.66. The monoisotopic (exact) mass is 1430 g/mol. The van der Waals surface area contributed by atoms with E-state index in [0.29, 0.717) is 89.2 Å². The molecule has 2 aliphatic rings. The van der Waals surface area contributed by atoms with E-state index in [1.54, 1.807) is 86.8 Å². The number of methoxy groups -OCH3 is 4. The number of unbranched alkanes of at least 4 members (excludes halogenated alkanes) is 2. The highest BCUT2D eigenvalue weighted by Gasteiger charge is 2.50. The molecule has 8 aromatic rings. The Hall–Kier alpha value is -13.2. The quantitative estimate of drug-likeness (QED) is 0.0299. The number of carbonyl (C=O) groups excluding carboxylic acids is 2. The molecule has 0 radical (unpaired) electrons. The van der Waals surface area contributed by atoms with Gasteiger partial charge in [0.25, 0.3) is 11.8 Å². The van der Waals surface area contributed by atoms with Crippen LogP contribution in [0.4, 0.5) is 34.1 Å². The van der Waals surface area contributed by atoms with Crippen molar-refractivity contribution in [2.24, 2.45) is 11.8 Å². The molecule has 0 fully saturated rings. The van der Waals surface area contributed by atoms with Crippen LogP contribution in [-0.4, -0.2) is 63.1 Å². The largest absolute Gasteiger partial charge is 0.497 e. The van der Waals surface area contributed by atoms with E-state index >= 15 is 9.59 Å². The van der Waals surface area contributed by atoms with Crippen LogP contribution in [0.3, 0.4) is 0 Å². The number of anilines is 6. The second kappa shape index (κ2) is 35.1. The summed E-state index contributed by atoms with van der Waals surface area (Å²) in [6.07, 6.45) is 6.46. The van der Waals surface area contributed by atoms with E-state index in [9.17, 15) is 42.1 Å². The maximum absolute atomic E-state index is 16.2. The van der Waals surface area contributed by atoms with Crippen LogP contribution in [0.15, 0.2) is 203 Å². The van der Waals surface area contributed by atoms with Crippen molar-refractivity contribution in [1.29, 1.82) is 42.1 Å². The molecule has 18 nitrogen and oxygen atoms in total. The van der Waals surface area contributed by atoms with Crippen molar-refractivity contribution in [3.63, 3.8) is 0 Å². The van der Waals surface area contributed by atoms with Gasteiger partial charge in [0, 0.05) is 79.3 Å². The van der Waals surface area contributed by atoms with Crippen molar-refractivity contribution < 1.29 is 28.5 Å². The molecule has 0 bridgehead atoms. The highest BCUT2D eigenvalue weighted by Crippen LogP contribution is 2.53. The summed E-state index contributed by atoms with van der Waals surface area (Å²) < 4.78 is 21.9. The Morgan fingerprint density at radius 1 is 0.368 bits per heavy atom. The molecule has 0 aliphatic carbocycles. The summed E-state index contributed by atoms with van der Waals surface area (Å²) in [6, 6.07) is 67.3. The Kier molecular flexibility index (Phi) is 25.0. The lowest BCUT2D eigenvalue weighted by molar-refractivity contribution is -0.124. The highest BCUT2D eigenvalue weighted by molar-refractivity contribution is 7.15. The van der Waals surface area contributed by atoms with Gasteiger partial charge in [0.2, 0.25) is 0 Å². The molecule has 20 heteroatoms. The zero-order valence-corrected chi connectivity index (χ0v) is 61.7. The van der Waals surface area contributed by atoms with E-state index in [4.69, 9.17) is 18.9 Å². The summed E-state index contributed by atoms with van der Waals surface area (Å²) >= 11 is 2.22. The molecule has 0 spiro atoms. The third-order valence-electron chi connectivity index (χ3n) is 18.9. The first-order valence-corrected chi connectivity index (χ1v) is 36.2.